The molecule has 0 bridgehead atoms. The summed E-state index contributed by atoms with van der Waals surface area (Å²) in [6, 6.07) is 10.1. The van der Waals surface area contributed by atoms with Gasteiger partial charge in [0.15, 0.2) is 0 Å². The molecule has 1 heterocycles. The van der Waals surface area contributed by atoms with Crippen molar-refractivity contribution >= 4 is 16.6 Å². The number of pyridine rings is 1. The number of aliphatic hydroxyl groups excluding tert-OH is 1. The number of aromatic nitrogens is 1. The molecule has 4 heteroatoms. The third-order valence-electron chi connectivity index (χ3n) is 3.47. The van der Waals surface area contributed by atoms with Gasteiger partial charge < -0.3 is 10.4 Å². The van der Waals surface area contributed by atoms with Gasteiger partial charge in [-0.05, 0) is 18.4 Å². The average Bonchev–Trinajstić information content (AvgIpc) is 2.46. The van der Waals surface area contributed by atoms with Gasteiger partial charge in [0.25, 0.3) is 0 Å². The highest BCUT2D eigenvalue weighted by Gasteiger charge is 2.16. The Bertz CT molecular complexity index is 631. The predicted octanol–water partition coefficient (Wildman–Crippen LogP) is 2.93. The van der Waals surface area contributed by atoms with Crippen LogP contribution in [-0.4, -0.2) is 22.7 Å². The summed E-state index contributed by atoms with van der Waals surface area (Å²) in [5.41, 5.74) is 2.21. The molecule has 0 saturated heterocycles. The van der Waals surface area contributed by atoms with E-state index >= 15 is 0 Å². The third kappa shape index (κ3) is 2.89. The van der Waals surface area contributed by atoms with Crippen molar-refractivity contribution in [2.75, 3.05) is 11.9 Å². The lowest BCUT2D eigenvalue weighted by Gasteiger charge is -2.24. The minimum atomic E-state index is 0.123. The standard InChI is InChI=1S/C16H19N3O/c1-11(2)14(7-8-20)19-16-12(9-17)10-18-15-6-4-3-5-13(15)16/h3-6,10-11,14,20H,7-8H2,1-2H3,(H,18,19). The zero-order valence-electron chi connectivity index (χ0n) is 11.8. The van der Waals surface area contributed by atoms with Crippen molar-refractivity contribution in [3.63, 3.8) is 0 Å². The van der Waals surface area contributed by atoms with E-state index in [-0.39, 0.29) is 12.6 Å². The molecule has 0 fully saturated rings. The van der Waals surface area contributed by atoms with E-state index in [0.717, 1.165) is 16.6 Å². The normalized spacial score (nSPS) is 12.3. The Morgan fingerprint density at radius 3 is 2.75 bits per heavy atom. The summed E-state index contributed by atoms with van der Waals surface area (Å²) in [4.78, 5) is 4.30. The molecule has 0 amide bonds. The largest absolute Gasteiger partial charge is 0.396 e. The second-order valence-electron chi connectivity index (χ2n) is 5.18. The molecule has 1 unspecified atom stereocenters. The number of hydrogen-bond acceptors (Lipinski definition) is 4. The SMILES string of the molecule is CC(C)C(CCO)Nc1c(C#N)cnc2ccccc12. The minimum Gasteiger partial charge on any atom is -0.396 e. The molecule has 0 aliphatic rings. The molecule has 2 rings (SSSR count). The lowest BCUT2D eigenvalue weighted by atomic mass is 9.99. The summed E-state index contributed by atoms with van der Waals surface area (Å²) in [5.74, 6) is 0.362. The number of hydrogen-bond donors (Lipinski definition) is 2. The van der Waals surface area contributed by atoms with E-state index in [1.807, 2.05) is 24.3 Å². The van der Waals surface area contributed by atoms with Crippen LogP contribution in [0, 0.1) is 17.2 Å². The zero-order valence-corrected chi connectivity index (χ0v) is 11.8. The summed E-state index contributed by atoms with van der Waals surface area (Å²) in [6.07, 6.45) is 2.25. The third-order valence-corrected chi connectivity index (χ3v) is 3.47. The second kappa shape index (κ2) is 6.36. The Labute approximate surface area is 119 Å². The predicted molar refractivity (Wildman–Crippen MR) is 80.4 cm³/mol. The zero-order chi connectivity index (χ0) is 14.5. The molecule has 4 nitrogen and oxygen atoms in total. The van der Waals surface area contributed by atoms with E-state index < -0.39 is 0 Å². The Morgan fingerprint density at radius 2 is 2.10 bits per heavy atom. The first kappa shape index (κ1) is 14.3. The van der Waals surface area contributed by atoms with Crippen LogP contribution in [0.5, 0.6) is 0 Å². The van der Waals surface area contributed by atoms with Crippen LogP contribution in [0.2, 0.25) is 0 Å². The van der Waals surface area contributed by atoms with Crippen LogP contribution in [0.25, 0.3) is 10.9 Å². The first-order valence-electron chi connectivity index (χ1n) is 6.82. The van der Waals surface area contributed by atoms with Crippen molar-refractivity contribution in [1.29, 1.82) is 5.26 Å². The molecule has 1 atom stereocenters. The molecule has 1 aromatic carbocycles. The number of nitriles is 1. The van der Waals surface area contributed by atoms with Gasteiger partial charge >= 0.3 is 0 Å². The molecule has 1 aromatic heterocycles. The lowest BCUT2D eigenvalue weighted by molar-refractivity contribution is 0.267. The van der Waals surface area contributed by atoms with Gasteiger partial charge in [-0.1, -0.05) is 32.0 Å². The Balaban J connectivity index is 2.48. The first-order chi connectivity index (χ1) is 9.67. The number of fused-ring (bicyclic) bond motifs is 1. The quantitative estimate of drug-likeness (QED) is 0.875. The topological polar surface area (TPSA) is 68.9 Å². The highest BCUT2D eigenvalue weighted by Crippen LogP contribution is 2.27. The number of rotatable bonds is 5. The number of benzene rings is 1. The van der Waals surface area contributed by atoms with Crippen LogP contribution in [0.1, 0.15) is 25.8 Å². The van der Waals surface area contributed by atoms with Gasteiger partial charge in [0.05, 0.1) is 16.8 Å². The fourth-order valence-electron chi connectivity index (χ4n) is 2.28. The van der Waals surface area contributed by atoms with Gasteiger partial charge in [0.2, 0.25) is 0 Å². The Hall–Kier alpha value is -2.12. The van der Waals surface area contributed by atoms with Crippen molar-refractivity contribution in [2.45, 2.75) is 26.3 Å². The fourth-order valence-corrected chi connectivity index (χ4v) is 2.28. The van der Waals surface area contributed by atoms with Crippen LogP contribution in [0.15, 0.2) is 30.5 Å². The summed E-state index contributed by atoms with van der Waals surface area (Å²) >= 11 is 0. The number of aliphatic hydroxyl groups is 1. The average molecular weight is 269 g/mol. The highest BCUT2D eigenvalue weighted by molar-refractivity contribution is 5.93. The molecule has 0 aliphatic carbocycles. The number of nitrogens with zero attached hydrogens (tertiary/aromatic N) is 2. The maximum atomic E-state index is 9.28. The number of anilines is 1. The van der Waals surface area contributed by atoms with Gasteiger partial charge in [-0.15, -0.1) is 0 Å². The molecule has 2 N–H and O–H groups in total. The van der Waals surface area contributed by atoms with E-state index in [1.54, 1.807) is 6.20 Å². The van der Waals surface area contributed by atoms with Crippen molar-refractivity contribution in [1.82, 2.24) is 4.98 Å². The maximum Gasteiger partial charge on any atom is 0.103 e. The molecular formula is C16H19N3O. The Morgan fingerprint density at radius 1 is 1.35 bits per heavy atom. The van der Waals surface area contributed by atoms with Crippen molar-refractivity contribution in [3.05, 3.63) is 36.0 Å². The molecule has 104 valence electrons. The monoisotopic (exact) mass is 269 g/mol. The maximum absolute atomic E-state index is 9.28. The Kier molecular flexibility index (Phi) is 4.54. The van der Waals surface area contributed by atoms with Crippen LogP contribution >= 0.6 is 0 Å². The molecule has 0 aliphatic heterocycles. The van der Waals surface area contributed by atoms with Crippen LogP contribution < -0.4 is 5.32 Å². The first-order valence-corrected chi connectivity index (χ1v) is 6.82. The van der Waals surface area contributed by atoms with Crippen molar-refractivity contribution in [3.8, 4) is 6.07 Å². The van der Waals surface area contributed by atoms with E-state index in [2.05, 4.69) is 30.2 Å². The van der Waals surface area contributed by atoms with Crippen LogP contribution in [-0.2, 0) is 0 Å². The van der Waals surface area contributed by atoms with Crippen LogP contribution in [0.4, 0.5) is 5.69 Å². The van der Waals surface area contributed by atoms with Gasteiger partial charge in [0, 0.05) is 24.2 Å². The van der Waals surface area contributed by atoms with E-state index in [1.165, 1.54) is 0 Å². The summed E-state index contributed by atoms with van der Waals surface area (Å²) in [5, 5.41) is 22.8. The smallest absolute Gasteiger partial charge is 0.103 e. The minimum absolute atomic E-state index is 0.123. The molecule has 0 saturated carbocycles. The summed E-state index contributed by atoms with van der Waals surface area (Å²) < 4.78 is 0. The van der Waals surface area contributed by atoms with Crippen molar-refractivity contribution in [2.24, 2.45) is 5.92 Å². The van der Waals surface area contributed by atoms with Gasteiger partial charge in [0.1, 0.15) is 6.07 Å². The molecule has 0 radical (unpaired) electrons. The molecule has 0 spiro atoms. The number of para-hydroxylation sites is 1. The van der Waals surface area contributed by atoms with Gasteiger partial charge in [-0.2, -0.15) is 5.26 Å². The fraction of sp³-hybridized carbons (Fsp3) is 0.375. The number of nitrogens with one attached hydrogen (secondary N) is 1. The summed E-state index contributed by atoms with van der Waals surface area (Å²) in [6.45, 7) is 4.33. The van der Waals surface area contributed by atoms with Gasteiger partial charge in [-0.3, -0.25) is 4.98 Å². The van der Waals surface area contributed by atoms with E-state index in [0.29, 0.717) is 17.9 Å². The van der Waals surface area contributed by atoms with E-state index in [4.69, 9.17) is 0 Å². The molecule has 20 heavy (non-hydrogen) atoms. The molecular weight excluding hydrogens is 250 g/mol. The lowest BCUT2D eigenvalue weighted by Crippen LogP contribution is -2.27. The van der Waals surface area contributed by atoms with Crippen LogP contribution in [0.3, 0.4) is 0 Å². The summed E-state index contributed by atoms with van der Waals surface area (Å²) in [7, 11) is 0. The highest BCUT2D eigenvalue weighted by atomic mass is 16.3. The molecule has 2 aromatic rings. The van der Waals surface area contributed by atoms with E-state index in [9.17, 15) is 10.4 Å². The van der Waals surface area contributed by atoms with Crippen molar-refractivity contribution < 1.29 is 5.11 Å². The second-order valence-corrected chi connectivity index (χ2v) is 5.18. The van der Waals surface area contributed by atoms with Gasteiger partial charge in [-0.25, -0.2) is 0 Å².